The van der Waals surface area contributed by atoms with Crippen molar-refractivity contribution in [2.24, 2.45) is 12.2 Å². The molecule has 22 heavy (non-hydrogen) atoms. The van der Waals surface area contributed by atoms with Crippen molar-refractivity contribution in [2.45, 2.75) is 39.7 Å². The molecule has 0 aliphatic carbocycles. The lowest BCUT2D eigenvalue weighted by molar-refractivity contribution is -0.671. The van der Waals surface area contributed by atoms with Crippen molar-refractivity contribution in [1.82, 2.24) is 4.57 Å². The van der Waals surface area contributed by atoms with Crippen LogP contribution in [0.3, 0.4) is 0 Å². The van der Waals surface area contributed by atoms with E-state index < -0.39 is 24.6 Å². The van der Waals surface area contributed by atoms with Gasteiger partial charge in [-0.15, -0.1) is 0 Å². The molecule has 134 valence electrons. The molecule has 0 aliphatic heterocycles. The topological polar surface area (TPSA) is 75.0 Å². The standard InChI is InChI=1S/C8H15N2.2CHF3.H3NO2S/c1-3-4-5-10-7-6-9(2)8-10;2*2-1(3)4;1-4(2)3/h6-8H,3-5H2,1-2H3;2*1H;1H2,(H,2,3)/q+1;;;/p-1. The van der Waals surface area contributed by atoms with E-state index >= 15 is 0 Å². The Morgan fingerprint density at radius 1 is 1.23 bits per heavy atom. The van der Waals surface area contributed by atoms with Crippen molar-refractivity contribution in [3.63, 3.8) is 0 Å². The minimum Gasteiger partial charge on any atom is -0.760 e. The summed E-state index contributed by atoms with van der Waals surface area (Å²) in [7, 11) is 2.04. The highest BCUT2D eigenvalue weighted by Crippen LogP contribution is 1.91. The SMILES string of the molecule is CCCCn1cc[n+](C)c1.FC(F)F.FC(F)F.NS(=O)[O-]. The zero-order chi connectivity index (χ0) is 18.1. The van der Waals surface area contributed by atoms with Crippen LogP contribution in [0.15, 0.2) is 18.7 Å². The maximum Gasteiger partial charge on any atom is 0.379 e. The van der Waals surface area contributed by atoms with Crippen molar-refractivity contribution in [3.05, 3.63) is 18.7 Å². The Morgan fingerprint density at radius 3 is 1.82 bits per heavy atom. The highest BCUT2D eigenvalue weighted by atomic mass is 32.2. The summed E-state index contributed by atoms with van der Waals surface area (Å²) in [5.74, 6) is 0. The van der Waals surface area contributed by atoms with Gasteiger partial charge in [0.15, 0.2) is 0 Å². The number of aromatic nitrogens is 2. The lowest BCUT2D eigenvalue weighted by atomic mass is 10.3. The Bertz CT molecular complexity index is 353. The van der Waals surface area contributed by atoms with Gasteiger partial charge in [-0.05, 0) is 6.42 Å². The molecular weight excluding hydrogens is 340 g/mol. The molecule has 1 atom stereocenters. The fourth-order valence-corrected chi connectivity index (χ4v) is 0.975. The van der Waals surface area contributed by atoms with E-state index in [4.69, 9.17) is 8.76 Å². The second kappa shape index (κ2) is 17.9. The zero-order valence-corrected chi connectivity index (χ0v) is 12.8. The number of unbranched alkanes of at least 4 members (excludes halogenated alkanes) is 1. The molecule has 1 rings (SSSR count). The molecule has 0 aromatic carbocycles. The normalized spacial score (nSPS) is 10.7. The molecular formula is C10H19F6N3O2S. The monoisotopic (exact) mass is 359 g/mol. The van der Waals surface area contributed by atoms with Crippen molar-refractivity contribution in [2.75, 3.05) is 0 Å². The quantitative estimate of drug-likeness (QED) is 0.510. The molecule has 0 spiro atoms. The van der Waals surface area contributed by atoms with E-state index in [-0.39, 0.29) is 0 Å². The number of hydrogen-bond donors (Lipinski definition) is 1. The number of rotatable bonds is 3. The third-order valence-corrected chi connectivity index (χ3v) is 1.59. The molecule has 1 heterocycles. The van der Waals surface area contributed by atoms with Crippen LogP contribution in [-0.4, -0.2) is 26.7 Å². The van der Waals surface area contributed by atoms with Gasteiger partial charge in [0, 0.05) is 11.3 Å². The molecule has 1 aromatic heterocycles. The number of hydrogen-bond acceptors (Lipinski definition) is 2. The molecule has 0 fully saturated rings. The Labute approximate surface area is 127 Å². The van der Waals surface area contributed by atoms with Crippen LogP contribution in [-0.2, 0) is 24.9 Å². The van der Waals surface area contributed by atoms with Gasteiger partial charge in [-0.2, -0.15) is 26.3 Å². The average molecular weight is 359 g/mol. The molecule has 1 unspecified atom stereocenters. The summed E-state index contributed by atoms with van der Waals surface area (Å²) in [4.78, 5) is 0. The van der Waals surface area contributed by atoms with Crippen LogP contribution in [0, 0.1) is 0 Å². The third-order valence-electron chi connectivity index (χ3n) is 1.59. The predicted molar refractivity (Wildman–Crippen MR) is 67.8 cm³/mol. The zero-order valence-electron chi connectivity index (χ0n) is 12.0. The minimum atomic E-state index is -3.67. The highest BCUT2D eigenvalue weighted by molar-refractivity contribution is 7.76. The van der Waals surface area contributed by atoms with Gasteiger partial charge < -0.3 is 4.55 Å². The van der Waals surface area contributed by atoms with Gasteiger partial charge in [0.2, 0.25) is 6.33 Å². The van der Waals surface area contributed by atoms with Crippen molar-refractivity contribution in [1.29, 1.82) is 0 Å². The second-order valence-electron chi connectivity index (χ2n) is 3.43. The molecule has 0 bridgehead atoms. The third kappa shape index (κ3) is 42.8. The fourth-order valence-electron chi connectivity index (χ4n) is 0.975. The lowest BCUT2D eigenvalue weighted by Crippen LogP contribution is -2.23. The van der Waals surface area contributed by atoms with Gasteiger partial charge in [-0.3, -0.25) is 9.35 Å². The Balaban J connectivity index is -0.000000253. The first-order valence-corrected chi connectivity index (χ1v) is 6.85. The number of alkyl halides is 6. The molecule has 0 aliphatic rings. The van der Waals surface area contributed by atoms with E-state index in [0.717, 1.165) is 6.54 Å². The summed E-state index contributed by atoms with van der Waals surface area (Å²) >= 11 is -2.36. The Hall–Kier alpha value is -1.14. The van der Waals surface area contributed by atoms with Gasteiger partial charge in [0.05, 0.1) is 13.6 Å². The van der Waals surface area contributed by atoms with Crippen molar-refractivity contribution in [3.8, 4) is 0 Å². The molecule has 0 saturated carbocycles. The molecule has 5 nitrogen and oxygen atoms in total. The van der Waals surface area contributed by atoms with Crippen LogP contribution in [0.1, 0.15) is 19.8 Å². The molecule has 0 radical (unpaired) electrons. The largest absolute Gasteiger partial charge is 0.760 e. The van der Waals surface area contributed by atoms with Gasteiger partial charge >= 0.3 is 13.4 Å². The van der Waals surface area contributed by atoms with Crippen LogP contribution in [0.4, 0.5) is 26.3 Å². The molecule has 2 N–H and O–H groups in total. The van der Waals surface area contributed by atoms with Gasteiger partial charge in [-0.1, -0.05) is 13.3 Å². The maximum absolute atomic E-state index is 9.67. The van der Waals surface area contributed by atoms with E-state index in [1.807, 2.05) is 7.05 Å². The van der Waals surface area contributed by atoms with E-state index in [0.29, 0.717) is 0 Å². The number of nitrogens with two attached hydrogens (primary N) is 1. The van der Waals surface area contributed by atoms with E-state index in [1.165, 1.54) is 12.8 Å². The second-order valence-corrected chi connectivity index (χ2v) is 3.95. The van der Waals surface area contributed by atoms with E-state index in [2.05, 4.69) is 39.9 Å². The summed E-state index contributed by atoms with van der Waals surface area (Å²) < 4.78 is 79.8. The number of halogens is 6. The summed E-state index contributed by atoms with van der Waals surface area (Å²) in [5.41, 5.74) is 0. The molecule has 1 aromatic rings. The summed E-state index contributed by atoms with van der Waals surface area (Å²) in [6.45, 7) is -3.97. The predicted octanol–water partition coefficient (Wildman–Crippen LogP) is 2.21. The van der Waals surface area contributed by atoms with Gasteiger partial charge in [-0.25, -0.2) is 9.13 Å². The maximum atomic E-state index is 9.67. The van der Waals surface area contributed by atoms with Crippen LogP contribution in [0.25, 0.3) is 0 Å². The smallest absolute Gasteiger partial charge is 0.379 e. The van der Waals surface area contributed by atoms with Crippen molar-refractivity contribution >= 4 is 11.3 Å². The highest BCUT2D eigenvalue weighted by Gasteiger charge is 1.96. The van der Waals surface area contributed by atoms with Crippen LogP contribution in [0.5, 0.6) is 0 Å². The van der Waals surface area contributed by atoms with Gasteiger partial charge in [0.25, 0.3) is 0 Å². The van der Waals surface area contributed by atoms with Crippen molar-refractivity contribution < 1.29 is 39.7 Å². The Morgan fingerprint density at radius 2 is 1.59 bits per heavy atom. The average Bonchev–Trinajstić information content (AvgIpc) is 2.70. The summed E-state index contributed by atoms with van der Waals surface area (Å²) in [6, 6.07) is 0. The van der Waals surface area contributed by atoms with E-state index in [1.54, 1.807) is 0 Å². The van der Waals surface area contributed by atoms with Crippen LogP contribution >= 0.6 is 0 Å². The Kier molecular flexibility index (Phi) is 21.0. The van der Waals surface area contributed by atoms with Crippen LogP contribution < -0.4 is 9.71 Å². The van der Waals surface area contributed by atoms with Crippen LogP contribution in [0.2, 0.25) is 0 Å². The first-order chi connectivity index (χ1) is 10.0. The van der Waals surface area contributed by atoms with Gasteiger partial charge in [0.1, 0.15) is 12.4 Å². The first kappa shape index (κ1) is 25.8. The molecule has 0 saturated heterocycles. The lowest BCUT2D eigenvalue weighted by Gasteiger charge is -1.90. The summed E-state index contributed by atoms with van der Waals surface area (Å²) in [6.07, 6.45) is 8.82. The number of aryl methyl sites for hydroxylation is 2. The summed E-state index contributed by atoms with van der Waals surface area (Å²) in [5, 5.41) is 4.03. The molecule has 0 amide bonds. The van der Waals surface area contributed by atoms with E-state index in [9.17, 15) is 26.3 Å². The number of imidazole rings is 1. The minimum absolute atomic E-state index is 1.15. The first-order valence-electron chi connectivity index (χ1n) is 5.72. The molecule has 12 heteroatoms. The number of nitrogens with zero attached hydrogens (tertiary/aromatic N) is 2. The fraction of sp³-hybridized carbons (Fsp3) is 0.700.